The maximum Gasteiger partial charge on any atom is 0.135 e. The van der Waals surface area contributed by atoms with Crippen LogP contribution in [0.3, 0.4) is 0 Å². The van der Waals surface area contributed by atoms with Gasteiger partial charge in [-0.15, -0.1) is 0 Å². The van der Waals surface area contributed by atoms with Crippen molar-refractivity contribution >= 4 is 11.6 Å². The molecule has 28 heavy (non-hydrogen) atoms. The molecule has 2 heterocycles. The molecule has 0 saturated heterocycles. The van der Waals surface area contributed by atoms with E-state index in [2.05, 4.69) is 36.4 Å². The molecule has 2 aliphatic heterocycles. The van der Waals surface area contributed by atoms with E-state index in [9.17, 15) is 0 Å². The van der Waals surface area contributed by atoms with Gasteiger partial charge in [0.05, 0.1) is 11.0 Å². The van der Waals surface area contributed by atoms with Crippen LogP contribution in [-0.4, -0.2) is 0 Å². The van der Waals surface area contributed by atoms with Crippen LogP contribution < -0.4 is 9.47 Å². The standard InChI is InChI=1S/C25H15ClO2/c26-17-13-14-21-19(15-17)25(16-7-2-1-3-8-16)18-9-4-5-10-20(18)27-22-11-6-12-23(28-21)24(22)25/h1-15H. The van der Waals surface area contributed by atoms with E-state index in [0.717, 1.165) is 45.3 Å². The minimum absolute atomic E-state index is 0.555. The van der Waals surface area contributed by atoms with Gasteiger partial charge in [-0.2, -0.15) is 0 Å². The molecule has 0 spiro atoms. The first-order valence-corrected chi connectivity index (χ1v) is 9.60. The van der Waals surface area contributed by atoms with Crippen molar-refractivity contribution in [2.45, 2.75) is 5.41 Å². The molecule has 2 aliphatic rings. The molecular weight excluding hydrogens is 368 g/mol. The molecule has 6 rings (SSSR count). The average Bonchev–Trinajstić information content (AvgIpc) is 2.74. The van der Waals surface area contributed by atoms with Gasteiger partial charge in [0.1, 0.15) is 23.0 Å². The molecule has 4 aromatic carbocycles. The Bertz CT molecular complexity index is 1220. The number of hydrogen-bond donors (Lipinski definition) is 0. The summed E-state index contributed by atoms with van der Waals surface area (Å²) in [4.78, 5) is 0. The zero-order valence-corrected chi connectivity index (χ0v) is 15.6. The van der Waals surface area contributed by atoms with Crippen molar-refractivity contribution in [3.8, 4) is 23.0 Å². The highest BCUT2D eigenvalue weighted by Crippen LogP contribution is 2.62. The fourth-order valence-electron chi connectivity index (χ4n) is 4.60. The maximum atomic E-state index is 6.47. The minimum atomic E-state index is -0.555. The summed E-state index contributed by atoms with van der Waals surface area (Å²) in [7, 11) is 0. The minimum Gasteiger partial charge on any atom is -0.457 e. The fourth-order valence-corrected chi connectivity index (χ4v) is 4.77. The van der Waals surface area contributed by atoms with Gasteiger partial charge >= 0.3 is 0 Å². The fraction of sp³-hybridized carbons (Fsp3) is 0.0400. The molecule has 0 aliphatic carbocycles. The highest BCUT2D eigenvalue weighted by atomic mass is 35.5. The van der Waals surface area contributed by atoms with Crippen molar-refractivity contribution in [1.29, 1.82) is 0 Å². The molecule has 0 fully saturated rings. The average molecular weight is 383 g/mol. The Kier molecular flexibility index (Phi) is 3.18. The predicted octanol–water partition coefficient (Wildman–Crippen LogP) is 6.93. The summed E-state index contributed by atoms with van der Waals surface area (Å²) in [5.74, 6) is 3.29. The van der Waals surface area contributed by atoms with Gasteiger partial charge in [-0.3, -0.25) is 0 Å². The van der Waals surface area contributed by atoms with E-state index >= 15 is 0 Å². The second-order valence-electron chi connectivity index (χ2n) is 7.09. The number of ether oxygens (including phenoxy) is 2. The Balaban J connectivity index is 1.86. The molecule has 1 unspecified atom stereocenters. The Labute approximate surface area is 167 Å². The molecule has 2 nitrogen and oxygen atoms in total. The van der Waals surface area contributed by atoms with Crippen molar-refractivity contribution in [3.63, 3.8) is 0 Å². The van der Waals surface area contributed by atoms with E-state index in [1.807, 2.05) is 54.6 Å². The van der Waals surface area contributed by atoms with Gasteiger partial charge in [-0.05, 0) is 42.0 Å². The van der Waals surface area contributed by atoms with Gasteiger partial charge in [-0.25, -0.2) is 0 Å². The Morgan fingerprint density at radius 3 is 2.00 bits per heavy atom. The van der Waals surface area contributed by atoms with Crippen LogP contribution in [0.5, 0.6) is 23.0 Å². The third kappa shape index (κ3) is 1.93. The molecule has 134 valence electrons. The van der Waals surface area contributed by atoms with Crippen molar-refractivity contribution in [2.75, 3.05) is 0 Å². The summed E-state index contributed by atoms with van der Waals surface area (Å²) in [5, 5.41) is 0.683. The molecule has 4 aromatic rings. The van der Waals surface area contributed by atoms with Crippen LogP contribution in [0.25, 0.3) is 0 Å². The van der Waals surface area contributed by atoms with Crippen LogP contribution >= 0.6 is 11.6 Å². The van der Waals surface area contributed by atoms with Gasteiger partial charge in [0.2, 0.25) is 0 Å². The van der Waals surface area contributed by atoms with E-state index < -0.39 is 5.41 Å². The Morgan fingerprint density at radius 2 is 1.21 bits per heavy atom. The highest BCUT2D eigenvalue weighted by Gasteiger charge is 2.51. The number of halogens is 1. The number of benzene rings is 4. The lowest BCUT2D eigenvalue weighted by Crippen LogP contribution is -2.36. The third-order valence-electron chi connectivity index (χ3n) is 5.65. The quantitative estimate of drug-likeness (QED) is 0.307. The zero-order chi connectivity index (χ0) is 18.7. The lowest BCUT2D eigenvalue weighted by atomic mass is 9.62. The molecule has 0 bridgehead atoms. The van der Waals surface area contributed by atoms with Gasteiger partial charge < -0.3 is 9.47 Å². The van der Waals surface area contributed by atoms with E-state index in [1.54, 1.807) is 0 Å². The van der Waals surface area contributed by atoms with E-state index in [1.165, 1.54) is 0 Å². The number of rotatable bonds is 1. The molecular formula is C25H15ClO2. The lowest BCUT2D eigenvalue weighted by molar-refractivity contribution is 0.385. The second-order valence-corrected chi connectivity index (χ2v) is 7.52. The summed E-state index contributed by atoms with van der Waals surface area (Å²) in [6.45, 7) is 0. The monoisotopic (exact) mass is 382 g/mol. The molecule has 0 radical (unpaired) electrons. The normalized spacial score (nSPS) is 18.2. The molecule has 0 saturated carbocycles. The SMILES string of the molecule is Clc1ccc2c(c1)C1(c3ccccc3)c3ccccc3Oc3cccc(c31)O2. The van der Waals surface area contributed by atoms with Crippen molar-refractivity contribution in [2.24, 2.45) is 0 Å². The summed E-state index contributed by atoms with van der Waals surface area (Å²) in [6.07, 6.45) is 0. The van der Waals surface area contributed by atoms with Crippen LogP contribution in [0.15, 0.2) is 91.0 Å². The van der Waals surface area contributed by atoms with Crippen LogP contribution in [0.2, 0.25) is 5.02 Å². The summed E-state index contributed by atoms with van der Waals surface area (Å²) >= 11 is 6.47. The molecule has 0 aromatic heterocycles. The lowest BCUT2D eigenvalue weighted by Gasteiger charge is -2.45. The predicted molar refractivity (Wildman–Crippen MR) is 110 cm³/mol. The van der Waals surface area contributed by atoms with E-state index in [0.29, 0.717) is 5.02 Å². The molecule has 0 amide bonds. The summed E-state index contributed by atoms with van der Waals surface area (Å²) in [6, 6.07) is 30.6. The van der Waals surface area contributed by atoms with Gasteiger partial charge in [-0.1, -0.05) is 66.2 Å². The van der Waals surface area contributed by atoms with Gasteiger partial charge in [0, 0.05) is 16.1 Å². The number of para-hydroxylation sites is 1. The van der Waals surface area contributed by atoms with E-state index in [-0.39, 0.29) is 0 Å². The van der Waals surface area contributed by atoms with Crippen molar-refractivity contribution in [1.82, 2.24) is 0 Å². The number of fused-ring (bicyclic) bond motifs is 4. The summed E-state index contributed by atoms with van der Waals surface area (Å²) in [5.41, 5.74) is 3.75. The van der Waals surface area contributed by atoms with Crippen LogP contribution in [0, 0.1) is 0 Å². The van der Waals surface area contributed by atoms with Crippen LogP contribution in [0.1, 0.15) is 22.3 Å². The largest absolute Gasteiger partial charge is 0.457 e. The van der Waals surface area contributed by atoms with Gasteiger partial charge in [0.25, 0.3) is 0 Å². The number of hydrogen-bond acceptors (Lipinski definition) is 2. The first-order valence-electron chi connectivity index (χ1n) is 9.23. The Morgan fingerprint density at radius 1 is 0.571 bits per heavy atom. The smallest absolute Gasteiger partial charge is 0.135 e. The van der Waals surface area contributed by atoms with Crippen molar-refractivity contribution in [3.05, 3.63) is 118 Å². The topological polar surface area (TPSA) is 18.5 Å². The summed E-state index contributed by atoms with van der Waals surface area (Å²) < 4.78 is 12.6. The maximum absolute atomic E-state index is 6.47. The third-order valence-corrected chi connectivity index (χ3v) is 5.88. The zero-order valence-electron chi connectivity index (χ0n) is 14.9. The Hall–Kier alpha value is -3.23. The van der Waals surface area contributed by atoms with Crippen LogP contribution in [-0.2, 0) is 5.41 Å². The molecule has 1 atom stereocenters. The highest BCUT2D eigenvalue weighted by molar-refractivity contribution is 6.30. The second kappa shape index (κ2) is 5.63. The van der Waals surface area contributed by atoms with E-state index in [4.69, 9.17) is 21.1 Å². The van der Waals surface area contributed by atoms with Crippen LogP contribution in [0.4, 0.5) is 0 Å². The first kappa shape index (κ1) is 15.8. The van der Waals surface area contributed by atoms with Crippen molar-refractivity contribution < 1.29 is 9.47 Å². The van der Waals surface area contributed by atoms with Gasteiger partial charge in [0.15, 0.2) is 0 Å². The first-order chi connectivity index (χ1) is 13.8. The molecule has 3 heteroatoms. The molecule has 0 N–H and O–H groups in total.